The Balaban J connectivity index is 1.83. The second kappa shape index (κ2) is 7.97. The van der Waals surface area contributed by atoms with E-state index in [1.54, 1.807) is 24.3 Å². The molecule has 0 unspecified atom stereocenters. The molecule has 1 fully saturated rings. The van der Waals surface area contributed by atoms with Crippen molar-refractivity contribution in [2.24, 2.45) is 0 Å². The summed E-state index contributed by atoms with van der Waals surface area (Å²) < 4.78 is 5.55. The Hall–Kier alpha value is -1.84. The minimum absolute atomic E-state index is 0.0145. The van der Waals surface area contributed by atoms with Crippen LogP contribution in [0.15, 0.2) is 24.3 Å². The molecule has 0 bridgehead atoms. The molecule has 0 saturated heterocycles. The number of ether oxygens (including phenoxy) is 1. The highest BCUT2D eigenvalue weighted by Crippen LogP contribution is 2.22. The summed E-state index contributed by atoms with van der Waals surface area (Å²) in [6, 6.07) is 7.34. The van der Waals surface area contributed by atoms with E-state index in [0.29, 0.717) is 23.8 Å². The quantitative estimate of drug-likeness (QED) is 0.756. The van der Waals surface area contributed by atoms with E-state index in [1.165, 1.54) is 19.3 Å². The van der Waals surface area contributed by atoms with Crippen molar-refractivity contribution >= 4 is 11.7 Å². The number of nitrogens with zero attached hydrogens (tertiary/aromatic N) is 1. The molecule has 0 radical (unpaired) electrons. The van der Waals surface area contributed by atoms with E-state index in [2.05, 4.69) is 0 Å². The Morgan fingerprint density at radius 3 is 2.36 bits per heavy atom. The fourth-order valence-electron chi connectivity index (χ4n) is 2.86. The SMILES string of the molecule is CCC(=O)c1ccc(OCC(=O)N(C)C2CCCCC2)cc1. The van der Waals surface area contributed by atoms with Gasteiger partial charge in [0, 0.05) is 25.1 Å². The number of hydrogen-bond acceptors (Lipinski definition) is 3. The zero-order valence-electron chi connectivity index (χ0n) is 13.5. The monoisotopic (exact) mass is 303 g/mol. The van der Waals surface area contributed by atoms with Crippen molar-refractivity contribution < 1.29 is 14.3 Å². The highest BCUT2D eigenvalue weighted by atomic mass is 16.5. The van der Waals surface area contributed by atoms with Crippen LogP contribution in [0, 0.1) is 0 Å². The van der Waals surface area contributed by atoms with Gasteiger partial charge in [-0.3, -0.25) is 9.59 Å². The van der Waals surface area contributed by atoms with Crippen molar-refractivity contribution in [3.8, 4) is 5.75 Å². The Morgan fingerprint density at radius 2 is 1.77 bits per heavy atom. The number of benzene rings is 1. The summed E-state index contributed by atoms with van der Waals surface area (Å²) >= 11 is 0. The van der Waals surface area contributed by atoms with Gasteiger partial charge in [0.2, 0.25) is 0 Å². The molecule has 0 aliphatic heterocycles. The van der Waals surface area contributed by atoms with E-state index >= 15 is 0 Å². The number of hydrogen-bond donors (Lipinski definition) is 0. The lowest BCUT2D eigenvalue weighted by molar-refractivity contribution is -0.134. The van der Waals surface area contributed by atoms with Gasteiger partial charge in [-0.25, -0.2) is 0 Å². The van der Waals surface area contributed by atoms with Gasteiger partial charge in [0.15, 0.2) is 12.4 Å². The Morgan fingerprint density at radius 1 is 1.14 bits per heavy atom. The average Bonchev–Trinajstić information content (AvgIpc) is 2.59. The van der Waals surface area contributed by atoms with Crippen LogP contribution in [0.4, 0.5) is 0 Å². The first kappa shape index (κ1) is 16.5. The molecule has 1 aromatic carbocycles. The molecule has 22 heavy (non-hydrogen) atoms. The molecule has 4 nitrogen and oxygen atoms in total. The number of rotatable bonds is 6. The third kappa shape index (κ3) is 4.33. The minimum atomic E-state index is 0.0145. The van der Waals surface area contributed by atoms with Gasteiger partial charge in [0.05, 0.1) is 0 Å². The Labute approximate surface area is 132 Å². The number of carbonyl (C=O) groups is 2. The summed E-state index contributed by atoms with van der Waals surface area (Å²) in [4.78, 5) is 25.6. The number of Topliss-reactive ketones (excluding diaryl/α,β-unsaturated/α-hetero) is 1. The van der Waals surface area contributed by atoms with E-state index in [4.69, 9.17) is 4.74 Å². The lowest BCUT2D eigenvalue weighted by atomic mass is 9.94. The minimum Gasteiger partial charge on any atom is -0.484 e. The van der Waals surface area contributed by atoms with Crippen LogP contribution in [-0.2, 0) is 4.79 Å². The van der Waals surface area contributed by atoms with E-state index < -0.39 is 0 Å². The molecule has 2 rings (SSSR count). The molecule has 0 atom stereocenters. The maximum atomic E-state index is 12.2. The molecule has 1 saturated carbocycles. The predicted molar refractivity (Wildman–Crippen MR) is 86.2 cm³/mol. The molecule has 0 aromatic heterocycles. The second-order valence-corrected chi connectivity index (χ2v) is 5.89. The highest BCUT2D eigenvalue weighted by molar-refractivity contribution is 5.95. The third-order valence-electron chi connectivity index (χ3n) is 4.38. The summed E-state index contributed by atoms with van der Waals surface area (Å²) in [6.07, 6.45) is 6.36. The number of carbonyl (C=O) groups excluding carboxylic acids is 2. The summed E-state index contributed by atoms with van der Waals surface area (Å²) in [5.74, 6) is 0.748. The molecule has 1 aliphatic rings. The van der Waals surface area contributed by atoms with Crippen molar-refractivity contribution in [3.63, 3.8) is 0 Å². The molecule has 0 spiro atoms. The summed E-state index contributed by atoms with van der Waals surface area (Å²) in [6.45, 7) is 1.89. The first-order chi connectivity index (χ1) is 10.6. The maximum absolute atomic E-state index is 12.2. The van der Waals surface area contributed by atoms with Gasteiger partial charge in [-0.1, -0.05) is 26.2 Å². The standard InChI is InChI=1S/C18H25NO3/c1-3-17(20)14-9-11-16(12-10-14)22-13-18(21)19(2)15-7-5-4-6-8-15/h9-12,15H,3-8,13H2,1-2H3. The topological polar surface area (TPSA) is 46.6 Å². The van der Waals surface area contributed by atoms with Crippen molar-refractivity contribution in [2.45, 2.75) is 51.5 Å². The van der Waals surface area contributed by atoms with Crippen LogP contribution in [-0.4, -0.2) is 36.3 Å². The molecule has 120 valence electrons. The lowest BCUT2D eigenvalue weighted by Crippen LogP contribution is -2.40. The van der Waals surface area contributed by atoms with Crippen LogP contribution >= 0.6 is 0 Å². The van der Waals surface area contributed by atoms with Crippen molar-refractivity contribution in [1.29, 1.82) is 0 Å². The molecular formula is C18H25NO3. The fraction of sp³-hybridized carbons (Fsp3) is 0.556. The van der Waals surface area contributed by atoms with Gasteiger partial charge >= 0.3 is 0 Å². The summed E-state index contributed by atoms with van der Waals surface area (Å²) in [5.41, 5.74) is 0.681. The van der Waals surface area contributed by atoms with Gasteiger partial charge in [-0.2, -0.15) is 0 Å². The molecule has 1 aliphatic carbocycles. The molecule has 0 N–H and O–H groups in total. The van der Waals surface area contributed by atoms with Crippen LogP contribution in [0.1, 0.15) is 55.8 Å². The number of ketones is 1. The van der Waals surface area contributed by atoms with Crippen molar-refractivity contribution in [1.82, 2.24) is 4.90 Å². The van der Waals surface area contributed by atoms with E-state index in [1.807, 2.05) is 18.9 Å². The molecular weight excluding hydrogens is 278 g/mol. The van der Waals surface area contributed by atoms with E-state index in [9.17, 15) is 9.59 Å². The average molecular weight is 303 g/mol. The second-order valence-electron chi connectivity index (χ2n) is 5.89. The smallest absolute Gasteiger partial charge is 0.260 e. The lowest BCUT2D eigenvalue weighted by Gasteiger charge is -2.31. The molecule has 0 heterocycles. The molecule has 1 amide bonds. The van der Waals surface area contributed by atoms with Gasteiger partial charge in [0.1, 0.15) is 5.75 Å². The maximum Gasteiger partial charge on any atom is 0.260 e. The third-order valence-corrected chi connectivity index (χ3v) is 4.38. The van der Waals surface area contributed by atoms with Crippen molar-refractivity contribution in [3.05, 3.63) is 29.8 Å². The van der Waals surface area contributed by atoms with Crippen LogP contribution in [0.5, 0.6) is 5.75 Å². The van der Waals surface area contributed by atoms with E-state index in [-0.39, 0.29) is 18.3 Å². The first-order valence-corrected chi connectivity index (χ1v) is 8.13. The predicted octanol–water partition coefficient (Wildman–Crippen LogP) is 3.45. The number of likely N-dealkylation sites (N-methyl/N-ethyl adjacent to an activating group) is 1. The largest absolute Gasteiger partial charge is 0.484 e. The molecule has 4 heteroatoms. The van der Waals surface area contributed by atoms with E-state index in [0.717, 1.165) is 12.8 Å². The Kier molecular flexibility index (Phi) is 5.99. The summed E-state index contributed by atoms with van der Waals surface area (Å²) in [7, 11) is 1.87. The van der Waals surface area contributed by atoms with Gasteiger partial charge in [-0.15, -0.1) is 0 Å². The van der Waals surface area contributed by atoms with Crippen LogP contribution in [0.25, 0.3) is 0 Å². The van der Waals surface area contributed by atoms with Gasteiger partial charge < -0.3 is 9.64 Å². The highest BCUT2D eigenvalue weighted by Gasteiger charge is 2.22. The normalized spacial score (nSPS) is 15.4. The first-order valence-electron chi connectivity index (χ1n) is 8.13. The van der Waals surface area contributed by atoms with Crippen LogP contribution < -0.4 is 4.74 Å². The van der Waals surface area contributed by atoms with Crippen LogP contribution in [0.3, 0.4) is 0 Å². The zero-order chi connectivity index (χ0) is 15.9. The van der Waals surface area contributed by atoms with Crippen LogP contribution in [0.2, 0.25) is 0 Å². The number of amides is 1. The summed E-state index contributed by atoms with van der Waals surface area (Å²) in [5, 5.41) is 0. The molecule has 1 aromatic rings. The van der Waals surface area contributed by atoms with Gasteiger partial charge in [-0.05, 0) is 37.1 Å². The van der Waals surface area contributed by atoms with Gasteiger partial charge in [0.25, 0.3) is 5.91 Å². The fourth-order valence-corrected chi connectivity index (χ4v) is 2.86. The Bertz CT molecular complexity index is 504. The zero-order valence-corrected chi connectivity index (χ0v) is 13.5. The van der Waals surface area contributed by atoms with Crippen molar-refractivity contribution in [2.75, 3.05) is 13.7 Å².